The van der Waals surface area contributed by atoms with Crippen molar-refractivity contribution in [2.45, 2.75) is 32.4 Å². The van der Waals surface area contributed by atoms with E-state index in [1.807, 2.05) is 6.92 Å². The summed E-state index contributed by atoms with van der Waals surface area (Å²) < 4.78 is 0. The molecule has 9 nitrogen and oxygen atoms in total. The number of carbonyl (C=O) groups is 2. The number of pyridine rings is 1. The van der Waals surface area contributed by atoms with Crippen LogP contribution in [0.5, 0.6) is 0 Å². The summed E-state index contributed by atoms with van der Waals surface area (Å²) in [7, 11) is 0. The topological polar surface area (TPSA) is 124 Å². The van der Waals surface area contributed by atoms with Crippen LogP contribution in [0, 0.1) is 13.8 Å². The smallest absolute Gasteiger partial charge is 0.270 e. The first kappa shape index (κ1) is 18.5. The van der Waals surface area contributed by atoms with Crippen LogP contribution in [-0.4, -0.2) is 67.2 Å². The van der Waals surface area contributed by atoms with Gasteiger partial charge in [-0.2, -0.15) is 5.10 Å². The number of β-amino-alcohol motifs (C(OH)–C–C–N with tert-alkyl or cyclic N) is 1. The minimum absolute atomic E-state index is 0.168. The number of hydrogen-bond acceptors (Lipinski definition) is 7. The predicted octanol–water partition coefficient (Wildman–Crippen LogP) is 1.04. The van der Waals surface area contributed by atoms with Crippen molar-refractivity contribution < 1.29 is 14.7 Å². The molecule has 1 fully saturated rings. The quantitative estimate of drug-likeness (QED) is 0.603. The molecule has 1 saturated heterocycles. The average molecular weight is 400 g/mol. The van der Waals surface area contributed by atoms with Gasteiger partial charge < -0.3 is 15.3 Å². The molecule has 4 heterocycles. The lowest BCUT2D eigenvalue weighted by Crippen LogP contribution is -2.54. The molecule has 1 aliphatic heterocycles. The van der Waals surface area contributed by atoms with Gasteiger partial charge in [0.1, 0.15) is 10.6 Å². The van der Waals surface area contributed by atoms with Crippen LogP contribution in [0.4, 0.5) is 0 Å². The standard InChI is InChI=1S/C18H20N6O3S/c1-9-15(28-10(2)20-9)18(27)24-7-12(5-13(25)8-24)21-17(26)14-4-3-11-6-19-23-16(11)22-14/h3-4,6,12-13,25H,5,7-8H2,1-2H3,(H,21,26)(H,19,22,23)/t12-,13+/m0/s1. The molecule has 0 spiro atoms. The second-order valence-corrected chi connectivity index (χ2v) is 8.12. The van der Waals surface area contributed by atoms with E-state index in [1.165, 1.54) is 11.3 Å². The van der Waals surface area contributed by atoms with E-state index in [-0.39, 0.29) is 30.1 Å². The number of thiazole rings is 1. The van der Waals surface area contributed by atoms with Gasteiger partial charge >= 0.3 is 0 Å². The van der Waals surface area contributed by atoms with E-state index >= 15 is 0 Å². The van der Waals surface area contributed by atoms with E-state index in [0.29, 0.717) is 29.2 Å². The van der Waals surface area contributed by atoms with Gasteiger partial charge in [0.25, 0.3) is 11.8 Å². The van der Waals surface area contributed by atoms with Crippen molar-refractivity contribution in [1.82, 2.24) is 30.4 Å². The molecule has 2 atom stereocenters. The number of aliphatic hydroxyl groups excluding tert-OH is 1. The highest BCUT2D eigenvalue weighted by atomic mass is 32.1. The van der Waals surface area contributed by atoms with E-state index in [2.05, 4.69) is 25.5 Å². The summed E-state index contributed by atoms with van der Waals surface area (Å²) in [6.45, 7) is 4.21. The number of rotatable bonds is 3. The Morgan fingerprint density at radius 3 is 2.86 bits per heavy atom. The lowest BCUT2D eigenvalue weighted by atomic mass is 10.0. The normalized spacial score (nSPS) is 19.8. The Hall–Kier alpha value is -2.85. The van der Waals surface area contributed by atoms with Gasteiger partial charge in [-0.15, -0.1) is 11.3 Å². The second-order valence-electron chi connectivity index (χ2n) is 6.92. The van der Waals surface area contributed by atoms with Gasteiger partial charge in [0, 0.05) is 24.5 Å². The number of piperidine rings is 1. The summed E-state index contributed by atoms with van der Waals surface area (Å²) in [6.07, 6.45) is 1.30. The van der Waals surface area contributed by atoms with Crippen molar-refractivity contribution in [3.8, 4) is 0 Å². The van der Waals surface area contributed by atoms with Gasteiger partial charge in [-0.05, 0) is 32.4 Å². The molecule has 3 aromatic heterocycles. The molecule has 0 bridgehead atoms. The molecule has 146 valence electrons. The summed E-state index contributed by atoms with van der Waals surface area (Å²) in [5.74, 6) is -0.522. The van der Waals surface area contributed by atoms with Crippen LogP contribution in [-0.2, 0) is 0 Å². The fraction of sp³-hybridized carbons (Fsp3) is 0.389. The van der Waals surface area contributed by atoms with Gasteiger partial charge in [0.15, 0.2) is 5.65 Å². The van der Waals surface area contributed by atoms with Gasteiger partial charge in [-0.3, -0.25) is 14.7 Å². The van der Waals surface area contributed by atoms with Crippen LogP contribution in [0.25, 0.3) is 11.0 Å². The largest absolute Gasteiger partial charge is 0.391 e. The molecular weight excluding hydrogens is 380 g/mol. The van der Waals surface area contributed by atoms with Crippen LogP contribution in [0.15, 0.2) is 18.3 Å². The fourth-order valence-corrected chi connectivity index (χ4v) is 4.32. The first-order valence-corrected chi connectivity index (χ1v) is 9.74. The van der Waals surface area contributed by atoms with Gasteiger partial charge in [0.2, 0.25) is 0 Å². The molecule has 2 amide bonds. The van der Waals surface area contributed by atoms with Crippen LogP contribution >= 0.6 is 11.3 Å². The molecule has 3 N–H and O–H groups in total. The Bertz CT molecular complexity index is 1050. The Kier molecular flexibility index (Phi) is 4.82. The van der Waals surface area contributed by atoms with Crippen molar-refractivity contribution >= 4 is 34.2 Å². The molecule has 0 aromatic carbocycles. The maximum absolute atomic E-state index is 12.8. The fourth-order valence-electron chi connectivity index (χ4n) is 3.43. The van der Waals surface area contributed by atoms with Crippen LogP contribution in [0.1, 0.15) is 37.3 Å². The number of amides is 2. The zero-order valence-electron chi connectivity index (χ0n) is 15.5. The van der Waals surface area contributed by atoms with Gasteiger partial charge in [0.05, 0.1) is 23.0 Å². The van der Waals surface area contributed by atoms with E-state index in [0.717, 1.165) is 10.4 Å². The number of H-pyrrole nitrogens is 1. The number of aromatic nitrogens is 4. The van der Waals surface area contributed by atoms with Crippen molar-refractivity contribution in [2.75, 3.05) is 13.1 Å². The number of nitrogens with one attached hydrogen (secondary N) is 2. The Morgan fingerprint density at radius 2 is 2.11 bits per heavy atom. The van der Waals surface area contributed by atoms with Crippen molar-refractivity contribution in [3.63, 3.8) is 0 Å². The predicted molar refractivity (Wildman–Crippen MR) is 103 cm³/mol. The molecule has 0 saturated carbocycles. The summed E-state index contributed by atoms with van der Waals surface area (Å²) >= 11 is 1.34. The first-order chi connectivity index (χ1) is 13.4. The van der Waals surface area contributed by atoms with Crippen molar-refractivity contribution in [3.05, 3.63) is 39.6 Å². The van der Waals surface area contributed by atoms with Gasteiger partial charge in [-0.1, -0.05) is 0 Å². The molecule has 0 aliphatic carbocycles. The average Bonchev–Trinajstić information content (AvgIpc) is 3.25. The number of aliphatic hydroxyl groups is 1. The molecule has 1 aliphatic rings. The summed E-state index contributed by atoms with van der Waals surface area (Å²) in [5.41, 5.74) is 1.47. The second kappa shape index (κ2) is 7.28. The third-order valence-corrected chi connectivity index (χ3v) is 5.74. The minimum Gasteiger partial charge on any atom is -0.391 e. The third kappa shape index (κ3) is 3.60. The highest BCUT2D eigenvalue weighted by Gasteiger charge is 2.32. The Balaban J connectivity index is 1.47. The van der Waals surface area contributed by atoms with Gasteiger partial charge in [-0.25, -0.2) is 9.97 Å². The molecule has 10 heteroatoms. The number of fused-ring (bicyclic) bond motifs is 1. The van der Waals surface area contributed by atoms with Crippen LogP contribution < -0.4 is 5.32 Å². The number of aryl methyl sites for hydroxylation is 2. The zero-order chi connectivity index (χ0) is 19.8. The van der Waals surface area contributed by atoms with Crippen LogP contribution in [0.3, 0.4) is 0 Å². The summed E-state index contributed by atoms with van der Waals surface area (Å²) in [4.78, 5) is 36.1. The lowest BCUT2D eigenvalue weighted by Gasteiger charge is -2.35. The molecule has 0 radical (unpaired) electrons. The molecule has 28 heavy (non-hydrogen) atoms. The number of aromatic amines is 1. The monoisotopic (exact) mass is 400 g/mol. The van der Waals surface area contributed by atoms with Crippen molar-refractivity contribution in [2.24, 2.45) is 0 Å². The Morgan fingerprint density at radius 1 is 1.29 bits per heavy atom. The highest BCUT2D eigenvalue weighted by Crippen LogP contribution is 2.22. The van der Waals surface area contributed by atoms with Crippen LogP contribution in [0.2, 0.25) is 0 Å². The molecular formula is C18H20N6O3S. The summed E-state index contributed by atoms with van der Waals surface area (Å²) in [5, 5.41) is 21.4. The minimum atomic E-state index is -0.708. The molecule has 4 rings (SSSR count). The number of likely N-dealkylation sites (tertiary alicyclic amines) is 1. The number of carbonyl (C=O) groups excluding carboxylic acids is 2. The number of hydrogen-bond donors (Lipinski definition) is 3. The molecule has 0 unspecified atom stereocenters. The third-order valence-electron chi connectivity index (χ3n) is 4.68. The zero-order valence-corrected chi connectivity index (χ0v) is 16.3. The van der Waals surface area contributed by atoms with E-state index < -0.39 is 6.10 Å². The lowest BCUT2D eigenvalue weighted by molar-refractivity contribution is 0.0373. The molecule has 3 aromatic rings. The highest BCUT2D eigenvalue weighted by molar-refractivity contribution is 7.13. The number of nitrogens with zero attached hydrogens (tertiary/aromatic N) is 4. The van der Waals surface area contributed by atoms with Crippen molar-refractivity contribution in [1.29, 1.82) is 0 Å². The first-order valence-electron chi connectivity index (χ1n) is 8.93. The SMILES string of the molecule is Cc1nc(C)c(C(=O)N2C[C@H](O)C[C@H](NC(=O)c3ccc4cn[nH]c4n3)C2)s1. The van der Waals surface area contributed by atoms with E-state index in [4.69, 9.17) is 0 Å². The Labute approximate surface area is 164 Å². The maximum atomic E-state index is 12.8. The maximum Gasteiger partial charge on any atom is 0.270 e. The van der Waals surface area contributed by atoms with E-state index in [9.17, 15) is 14.7 Å². The summed E-state index contributed by atoms with van der Waals surface area (Å²) in [6, 6.07) is 3.02. The van der Waals surface area contributed by atoms with E-state index in [1.54, 1.807) is 30.2 Å².